The largest absolute Gasteiger partial charge is 0.486 e. The standard InChI is InChI=1S/C21H14BrCl2N3O4/c22-17-8-13(9-19(24)20(17)31-12-15-4-1-2-7-18(15)23)11-25-26-21(28)14-5-3-6-16(10-14)27(29)30/h1-11H,12H2,(H,26,28)/b25-11-. The van der Waals surface area contributed by atoms with Crippen LogP contribution in [0.3, 0.4) is 0 Å². The SMILES string of the molecule is O=C(N/N=C\c1cc(Cl)c(OCc2ccccc2Cl)c(Br)c1)c1cccc([N+](=O)[O-])c1. The maximum atomic E-state index is 12.1. The first kappa shape index (κ1) is 22.7. The molecule has 0 atom stereocenters. The topological polar surface area (TPSA) is 93.8 Å². The molecule has 7 nitrogen and oxygen atoms in total. The molecule has 0 aliphatic rings. The number of nitrogens with zero attached hydrogens (tertiary/aromatic N) is 2. The lowest BCUT2D eigenvalue weighted by Gasteiger charge is -2.12. The van der Waals surface area contributed by atoms with E-state index in [1.54, 1.807) is 18.2 Å². The Morgan fingerprint density at radius 2 is 1.90 bits per heavy atom. The quantitative estimate of drug-likeness (QED) is 0.233. The van der Waals surface area contributed by atoms with E-state index in [-0.39, 0.29) is 17.9 Å². The van der Waals surface area contributed by atoms with Gasteiger partial charge in [-0.3, -0.25) is 14.9 Å². The zero-order chi connectivity index (χ0) is 22.4. The second-order valence-electron chi connectivity index (χ2n) is 6.20. The highest BCUT2D eigenvalue weighted by Crippen LogP contribution is 2.35. The van der Waals surface area contributed by atoms with E-state index < -0.39 is 10.8 Å². The van der Waals surface area contributed by atoms with Crippen molar-refractivity contribution in [2.45, 2.75) is 6.61 Å². The highest BCUT2D eigenvalue weighted by Gasteiger charge is 2.12. The van der Waals surface area contributed by atoms with E-state index in [2.05, 4.69) is 26.5 Å². The van der Waals surface area contributed by atoms with Gasteiger partial charge in [0.2, 0.25) is 0 Å². The Bertz CT molecular complexity index is 1150. The summed E-state index contributed by atoms with van der Waals surface area (Å²) >= 11 is 15.9. The van der Waals surface area contributed by atoms with Gasteiger partial charge in [0, 0.05) is 28.3 Å². The molecule has 1 amide bonds. The van der Waals surface area contributed by atoms with Crippen LogP contribution in [0.1, 0.15) is 21.5 Å². The molecule has 0 spiro atoms. The van der Waals surface area contributed by atoms with Crippen molar-refractivity contribution in [2.75, 3.05) is 0 Å². The van der Waals surface area contributed by atoms with Crippen LogP contribution in [-0.4, -0.2) is 17.0 Å². The monoisotopic (exact) mass is 521 g/mol. The summed E-state index contributed by atoms with van der Waals surface area (Å²) in [6, 6.07) is 16.0. The molecule has 3 aromatic rings. The number of non-ortho nitro benzene ring substituents is 1. The predicted octanol–water partition coefficient (Wildman–Crippen LogP) is 6.01. The molecule has 158 valence electrons. The Labute approximate surface area is 195 Å². The molecule has 3 aromatic carbocycles. The number of halogens is 3. The predicted molar refractivity (Wildman–Crippen MR) is 123 cm³/mol. The summed E-state index contributed by atoms with van der Waals surface area (Å²) < 4.78 is 6.38. The third-order valence-corrected chi connectivity index (χ3v) is 5.29. The third-order valence-electron chi connectivity index (χ3n) is 4.05. The fraction of sp³-hybridized carbons (Fsp3) is 0.0476. The normalized spacial score (nSPS) is 10.8. The number of benzene rings is 3. The molecular formula is C21H14BrCl2N3O4. The maximum Gasteiger partial charge on any atom is 0.271 e. The van der Waals surface area contributed by atoms with Crippen LogP contribution in [-0.2, 0) is 6.61 Å². The molecule has 31 heavy (non-hydrogen) atoms. The minimum absolute atomic E-state index is 0.119. The molecule has 0 saturated heterocycles. The first-order valence-corrected chi connectivity index (χ1v) is 10.3. The van der Waals surface area contributed by atoms with Gasteiger partial charge in [-0.25, -0.2) is 5.43 Å². The highest BCUT2D eigenvalue weighted by molar-refractivity contribution is 9.10. The van der Waals surface area contributed by atoms with E-state index in [1.165, 1.54) is 30.5 Å². The van der Waals surface area contributed by atoms with Crippen LogP contribution in [0.4, 0.5) is 5.69 Å². The smallest absolute Gasteiger partial charge is 0.271 e. The zero-order valence-electron chi connectivity index (χ0n) is 15.7. The number of carbonyl (C=O) groups excluding carboxylic acids is 1. The molecule has 0 aliphatic carbocycles. The van der Waals surface area contributed by atoms with Crippen LogP contribution in [0, 0.1) is 10.1 Å². The summed E-state index contributed by atoms with van der Waals surface area (Å²) in [6.07, 6.45) is 1.39. The van der Waals surface area contributed by atoms with Crippen LogP contribution in [0.2, 0.25) is 10.0 Å². The second kappa shape index (κ2) is 10.4. The Kier molecular flexibility index (Phi) is 7.62. The highest BCUT2D eigenvalue weighted by atomic mass is 79.9. The van der Waals surface area contributed by atoms with Gasteiger partial charge in [0.05, 0.1) is 20.6 Å². The third kappa shape index (κ3) is 6.04. The maximum absolute atomic E-state index is 12.1. The second-order valence-corrected chi connectivity index (χ2v) is 7.87. The number of rotatable bonds is 7. The molecule has 10 heteroatoms. The van der Waals surface area contributed by atoms with Crippen LogP contribution in [0.25, 0.3) is 0 Å². The fourth-order valence-electron chi connectivity index (χ4n) is 2.55. The summed E-state index contributed by atoms with van der Waals surface area (Å²) in [5, 5.41) is 15.6. The summed E-state index contributed by atoms with van der Waals surface area (Å²) in [5.74, 6) is -0.135. The van der Waals surface area contributed by atoms with Crippen molar-refractivity contribution < 1.29 is 14.5 Å². The summed E-state index contributed by atoms with van der Waals surface area (Å²) in [5.41, 5.74) is 3.68. The zero-order valence-corrected chi connectivity index (χ0v) is 18.8. The van der Waals surface area contributed by atoms with Crippen molar-refractivity contribution in [1.29, 1.82) is 0 Å². The molecule has 0 heterocycles. The van der Waals surface area contributed by atoms with Crippen molar-refractivity contribution in [3.8, 4) is 5.75 Å². The van der Waals surface area contributed by atoms with E-state index in [4.69, 9.17) is 27.9 Å². The number of hydrogen-bond acceptors (Lipinski definition) is 5. The van der Waals surface area contributed by atoms with Gasteiger partial charge in [-0.15, -0.1) is 0 Å². The number of hydrogen-bond donors (Lipinski definition) is 1. The van der Waals surface area contributed by atoms with Crippen LogP contribution in [0.15, 0.2) is 70.2 Å². The number of nitrogens with one attached hydrogen (secondary N) is 1. The van der Waals surface area contributed by atoms with Gasteiger partial charge in [-0.1, -0.05) is 47.5 Å². The lowest BCUT2D eigenvalue weighted by Crippen LogP contribution is -2.17. The fourth-order valence-corrected chi connectivity index (χ4v) is 3.73. The summed E-state index contributed by atoms with van der Waals surface area (Å²) in [6.45, 7) is 0.241. The first-order chi connectivity index (χ1) is 14.8. The Balaban J connectivity index is 1.66. The van der Waals surface area contributed by atoms with Gasteiger partial charge < -0.3 is 4.74 Å². The number of nitro groups is 1. The number of hydrazone groups is 1. The van der Waals surface area contributed by atoms with E-state index in [0.717, 1.165) is 5.56 Å². The van der Waals surface area contributed by atoms with E-state index in [9.17, 15) is 14.9 Å². The van der Waals surface area contributed by atoms with E-state index >= 15 is 0 Å². The van der Waals surface area contributed by atoms with Gasteiger partial charge in [-0.2, -0.15) is 5.10 Å². The van der Waals surface area contributed by atoms with Gasteiger partial charge >= 0.3 is 0 Å². The Hall–Kier alpha value is -2.94. The molecule has 0 radical (unpaired) electrons. The van der Waals surface area contributed by atoms with Gasteiger partial charge in [0.1, 0.15) is 6.61 Å². The average molecular weight is 523 g/mol. The van der Waals surface area contributed by atoms with E-state index in [1.807, 2.05) is 18.2 Å². The van der Waals surface area contributed by atoms with Crippen molar-refractivity contribution in [2.24, 2.45) is 5.10 Å². The van der Waals surface area contributed by atoms with Crippen LogP contribution >= 0.6 is 39.1 Å². The Morgan fingerprint density at radius 3 is 2.61 bits per heavy atom. The number of ether oxygens (including phenoxy) is 1. The van der Waals surface area contributed by atoms with E-state index in [0.29, 0.717) is 25.8 Å². The van der Waals surface area contributed by atoms with Gasteiger partial charge in [-0.05, 0) is 45.8 Å². The summed E-state index contributed by atoms with van der Waals surface area (Å²) in [7, 11) is 0. The number of carbonyl (C=O) groups is 1. The molecule has 0 bridgehead atoms. The van der Waals surface area contributed by atoms with Crippen molar-refractivity contribution in [3.05, 3.63) is 102 Å². The average Bonchev–Trinajstić information content (AvgIpc) is 2.74. The minimum Gasteiger partial charge on any atom is -0.486 e. The minimum atomic E-state index is -0.579. The van der Waals surface area contributed by atoms with Gasteiger partial charge in [0.15, 0.2) is 5.75 Å². The molecule has 0 fully saturated rings. The van der Waals surface area contributed by atoms with Gasteiger partial charge in [0.25, 0.3) is 11.6 Å². The molecule has 0 aliphatic heterocycles. The lowest BCUT2D eigenvalue weighted by atomic mass is 10.2. The van der Waals surface area contributed by atoms with Crippen molar-refractivity contribution in [1.82, 2.24) is 5.43 Å². The molecule has 0 saturated carbocycles. The van der Waals surface area contributed by atoms with Crippen molar-refractivity contribution in [3.63, 3.8) is 0 Å². The molecule has 1 N–H and O–H groups in total. The Morgan fingerprint density at radius 1 is 1.13 bits per heavy atom. The summed E-state index contributed by atoms with van der Waals surface area (Å²) in [4.78, 5) is 22.4. The number of amides is 1. The van der Waals surface area contributed by atoms with Crippen LogP contribution < -0.4 is 10.2 Å². The van der Waals surface area contributed by atoms with Crippen LogP contribution in [0.5, 0.6) is 5.75 Å². The first-order valence-electron chi connectivity index (χ1n) is 8.78. The van der Waals surface area contributed by atoms with Crippen molar-refractivity contribution >= 4 is 56.9 Å². The lowest BCUT2D eigenvalue weighted by molar-refractivity contribution is -0.384. The molecule has 0 unspecified atom stereocenters. The molecular weight excluding hydrogens is 509 g/mol. The number of nitro benzene ring substituents is 1. The molecule has 0 aromatic heterocycles. The molecule has 3 rings (SSSR count).